The molecule has 5 nitrogen and oxygen atoms in total. The van der Waals surface area contributed by atoms with Gasteiger partial charge in [-0.2, -0.15) is 5.10 Å². The fraction of sp³-hybridized carbons (Fsp3) is 0.474. The number of rotatable bonds is 3. The van der Waals surface area contributed by atoms with Crippen molar-refractivity contribution in [1.29, 1.82) is 0 Å². The average molecular weight is 404 g/mol. The summed E-state index contributed by atoms with van der Waals surface area (Å²) in [5.41, 5.74) is 2.56. The summed E-state index contributed by atoms with van der Waals surface area (Å²) >= 11 is 3.31. The largest absolute Gasteiger partial charge is 0.454 e. The van der Waals surface area contributed by atoms with Crippen molar-refractivity contribution in [2.75, 3.05) is 13.1 Å². The van der Waals surface area contributed by atoms with Gasteiger partial charge in [0.15, 0.2) is 5.75 Å². The van der Waals surface area contributed by atoms with Gasteiger partial charge in [0.1, 0.15) is 10.2 Å². The van der Waals surface area contributed by atoms with Crippen LogP contribution in [0.2, 0.25) is 0 Å². The average Bonchev–Trinajstić information content (AvgIpc) is 2.77. The second-order valence-electron chi connectivity index (χ2n) is 6.90. The lowest BCUT2D eigenvalue weighted by Crippen LogP contribution is -2.41. The van der Waals surface area contributed by atoms with Crippen LogP contribution < -0.4 is 10.3 Å². The molecule has 2 heterocycles. The van der Waals surface area contributed by atoms with Crippen LogP contribution in [0.4, 0.5) is 0 Å². The lowest BCUT2D eigenvalue weighted by atomic mass is 9.91. The number of ether oxygens (including phenoxy) is 1. The summed E-state index contributed by atoms with van der Waals surface area (Å²) in [6, 6.07) is 7.07. The molecular weight excluding hydrogens is 382 g/mol. The molecule has 1 aliphatic heterocycles. The molecule has 0 unspecified atom stereocenters. The van der Waals surface area contributed by atoms with Crippen LogP contribution in [0, 0.1) is 0 Å². The summed E-state index contributed by atoms with van der Waals surface area (Å²) in [4.78, 5) is 14.6. The maximum atomic E-state index is 12.0. The Balaban J connectivity index is 1.53. The van der Waals surface area contributed by atoms with E-state index in [4.69, 9.17) is 4.74 Å². The van der Waals surface area contributed by atoms with Gasteiger partial charge < -0.3 is 4.74 Å². The third-order valence-electron chi connectivity index (χ3n) is 5.38. The molecule has 0 N–H and O–H groups in total. The van der Waals surface area contributed by atoms with Gasteiger partial charge in [-0.1, -0.05) is 12.5 Å². The predicted molar refractivity (Wildman–Crippen MR) is 100 cm³/mol. The standard InChI is InChI=1S/C19H22BrN3O2/c1-22-19(24)18(20)17(12-21-22)25-16-6-5-13-7-9-23(15-3-2-4-15)10-8-14(13)11-16/h5-6,11-12,15H,2-4,7-10H2,1H3. The van der Waals surface area contributed by atoms with Crippen molar-refractivity contribution in [3.8, 4) is 11.5 Å². The Kier molecular flexibility index (Phi) is 4.65. The summed E-state index contributed by atoms with van der Waals surface area (Å²) in [7, 11) is 1.62. The summed E-state index contributed by atoms with van der Waals surface area (Å²) in [6.45, 7) is 2.28. The maximum Gasteiger partial charge on any atom is 0.284 e. The van der Waals surface area contributed by atoms with Gasteiger partial charge in [0.2, 0.25) is 0 Å². The van der Waals surface area contributed by atoms with Crippen LogP contribution in [0.5, 0.6) is 11.5 Å². The highest BCUT2D eigenvalue weighted by Crippen LogP contribution is 2.31. The molecule has 0 radical (unpaired) electrons. The topological polar surface area (TPSA) is 47.4 Å². The zero-order chi connectivity index (χ0) is 17.4. The summed E-state index contributed by atoms with van der Waals surface area (Å²) in [6.07, 6.45) is 7.81. The Hall–Kier alpha value is -1.66. The number of hydrogen-bond acceptors (Lipinski definition) is 4. The van der Waals surface area contributed by atoms with E-state index in [1.807, 2.05) is 6.07 Å². The van der Waals surface area contributed by atoms with Gasteiger partial charge in [0, 0.05) is 26.2 Å². The number of hydrogen-bond donors (Lipinski definition) is 0. The second kappa shape index (κ2) is 6.92. The Morgan fingerprint density at radius 1 is 1.20 bits per heavy atom. The van der Waals surface area contributed by atoms with Gasteiger partial charge in [-0.25, -0.2) is 4.68 Å². The molecule has 6 heteroatoms. The number of nitrogens with zero attached hydrogens (tertiary/aromatic N) is 3. The molecule has 1 aromatic heterocycles. The molecular formula is C19H22BrN3O2. The molecule has 1 fully saturated rings. The first-order valence-electron chi connectivity index (χ1n) is 8.87. The minimum Gasteiger partial charge on any atom is -0.454 e. The van der Waals surface area contributed by atoms with Crippen molar-refractivity contribution in [1.82, 2.24) is 14.7 Å². The van der Waals surface area contributed by atoms with Crippen molar-refractivity contribution < 1.29 is 4.74 Å². The van der Waals surface area contributed by atoms with E-state index in [1.54, 1.807) is 13.2 Å². The van der Waals surface area contributed by atoms with Crippen LogP contribution >= 0.6 is 15.9 Å². The first-order chi connectivity index (χ1) is 12.1. The van der Waals surface area contributed by atoms with Crippen LogP contribution in [0.15, 0.2) is 33.7 Å². The maximum absolute atomic E-state index is 12.0. The normalized spacial score (nSPS) is 18.3. The second-order valence-corrected chi connectivity index (χ2v) is 7.70. The van der Waals surface area contributed by atoms with Gasteiger partial charge in [-0.15, -0.1) is 0 Å². The van der Waals surface area contributed by atoms with Crippen molar-refractivity contribution >= 4 is 15.9 Å². The van der Waals surface area contributed by atoms with E-state index in [-0.39, 0.29) is 5.56 Å². The van der Waals surface area contributed by atoms with E-state index in [0.717, 1.165) is 37.7 Å². The lowest BCUT2D eigenvalue weighted by Gasteiger charge is -2.36. The van der Waals surface area contributed by atoms with Gasteiger partial charge in [-0.05, 0) is 64.9 Å². The first kappa shape index (κ1) is 16.8. The number of halogens is 1. The molecule has 132 valence electrons. The molecule has 0 bridgehead atoms. The first-order valence-corrected chi connectivity index (χ1v) is 9.66. The summed E-state index contributed by atoms with van der Waals surface area (Å²) in [5.74, 6) is 1.21. The molecule has 1 saturated carbocycles. The number of fused-ring (bicyclic) bond motifs is 1. The van der Waals surface area contributed by atoms with Crippen LogP contribution in [-0.2, 0) is 19.9 Å². The highest BCUT2D eigenvalue weighted by Gasteiger charge is 2.26. The highest BCUT2D eigenvalue weighted by molar-refractivity contribution is 9.10. The molecule has 4 rings (SSSR count). The van der Waals surface area contributed by atoms with E-state index >= 15 is 0 Å². The number of benzene rings is 1. The van der Waals surface area contributed by atoms with Crippen molar-refractivity contribution in [2.45, 2.75) is 38.1 Å². The smallest absolute Gasteiger partial charge is 0.284 e. The lowest BCUT2D eigenvalue weighted by molar-refractivity contribution is 0.133. The summed E-state index contributed by atoms with van der Waals surface area (Å²) < 4.78 is 7.60. The molecule has 0 atom stereocenters. The van der Waals surface area contributed by atoms with Gasteiger partial charge in [0.25, 0.3) is 5.56 Å². The zero-order valence-corrected chi connectivity index (χ0v) is 16.0. The number of aromatic nitrogens is 2. The fourth-order valence-corrected chi connectivity index (χ4v) is 4.03. The van der Waals surface area contributed by atoms with Crippen molar-refractivity contribution in [3.05, 3.63) is 50.3 Å². The van der Waals surface area contributed by atoms with Crippen LogP contribution in [0.1, 0.15) is 30.4 Å². The SMILES string of the molecule is Cn1ncc(Oc2ccc3c(c2)CCN(C2CCC2)CC3)c(Br)c1=O. The van der Waals surface area contributed by atoms with Gasteiger partial charge in [0.05, 0.1) is 6.20 Å². The van der Waals surface area contributed by atoms with E-state index in [9.17, 15) is 4.79 Å². The molecule has 1 aliphatic carbocycles. The van der Waals surface area contributed by atoms with Crippen molar-refractivity contribution in [2.24, 2.45) is 7.05 Å². The van der Waals surface area contributed by atoms with E-state index in [0.29, 0.717) is 10.2 Å². The van der Waals surface area contributed by atoms with Crippen LogP contribution in [0.25, 0.3) is 0 Å². The van der Waals surface area contributed by atoms with Crippen LogP contribution in [0.3, 0.4) is 0 Å². The molecule has 0 amide bonds. The Morgan fingerprint density at radius 3 is 2.68 bits per heavy atom. The van der Waals surface area contributed by atoms with E-state index in [1.165, 1.54) is 35.1 Å². The molecule has 2 aromatic rings. The molecule has 0 saturated heterocycles. The Morgan fingerprint density at radius 2 is 1.96 bits per heavy atom. The quantitative estimate of drug-likeness (QED) is 0.788. The highest BCUT2D eigenvalue weighted by atomic mass is 79.9. The molecule has 2 aliphatic rings. The Labute approximate surface area is 155 Å². The summed E-state index contributed by atoms with van der Waals surface area (Å²) in [5, 5.41) is 4.03. The Bertz CT molecular complexity index is 845. The van der Waals surface area contributed by atoms with E-state index < -0.39 is 0 Å². The van der Waals surface area contributed by atoms with Gasteiger partial charge >= 0.3 is 0 Å². The molecule has 1 aromatic carbocycles. The zero-order valence-electron chi connectivity index (χ0n) is 14.4. The van der Waals surface area contributed by atoms with E-state index in [2.05, 4.69) is 38.1 Å². The minimum atomic E-state index is -0.205. The van der Waals surface area contributed by atoms with Gasteiger partial charge in [-0.3, -0.25) is 9.69 Å². The monoisotopic (exact) mass is 403 g/mol. The third-order valence-corrected chi connectivity index (χ3v) is 6.11. The van der Waals surface area contributed by atoms with Crippen LogP contribution in [-0.4, -0.2) is 33.8 Å². The third kappa shape index (κ3) is 3.37. The fourth-order valence-electron chi connectivity index (χ4n) is 3.59. The minimum absolute atomic E-state index is 0.205. The predicted octanol–water partition coefficient (Wildman–Crippen LogP) is 3.29. The van der Waals surface area contributed by atoms with Crippen molar-refractivity contribution in [3.63, 3.8) is 0 Å². The number of aryl methyl sites for hydroxylation is 1. The molecule has 0 spiro atoms. The molecule has 25 heavy (non-hydrogen) atoms.